The van der Waals surface area contributed by atoms with Gasteiger partial charge in [0.05, 0.1) is 33.1 Å². The summed E-state index contributed by atoms with van der Waals surface area (Å²) in [5.41, 5.74) is 5.44. The third-order valence-corrected chi connectivity index (χ3v) is 9.09. The Balaban J connectivity index is 1.49. The Bertz CT molecular complexity index is 1920. The maximum atomic E-state index is 13.9. The second kappa shape index (κ2) is 11.5. The minimum absolute atomic E-state index is 0.0588. The van der Waals surface area contributed by atoms with E-state index in [9.17, 15) is 5.11 Å². The molecule has 0 fully saturated rings. The lowest BCUT2D eigenvalue weighted by Crippen LogP contribution is -2.33. The van der Waals surface area contributed by atoms with Gasteiger partial charge in [-0.25, -0.2) is 4.57 Å². The number of ether oxygens (including phenoxy) is 5. The van der Waals surface area contributed by atoms with Crippen molar-refractivity contribution in [1.82, 2.24) is 4.90 Å². The Morgan fingerprint density at radius 1 is 0.822 bits per heavy atom. The summed E-state index contributed by atoms with van der Waals surface area (Å²) in [7, 11) is 8.93. The molecule has 0 saturated heterocycles. The van der Waals surface area contributed by atoms with Crippen LogP contribution in [0.3, 0.4) is 0 Å². The Morgan fingerprint density at radius 2 is 1.56 bits per heavy atom. The molecule has 8 rings (SSSR count). The highest BCUT2D eigenvalue weighted by Gasteiger charge is 2.29. The van der Waals surface area contributed by atoms with Crippen molar-refractivity contribution in [3.8, 4) is 46.0 Å². The van der Waals surface area contributed by atoms with E-state index < -0.39 is 0 Å². The summed E-state index contributed by atoms with van der Waals surface area (Å²) in [4.78, 5) is 2.36. The molecule has 0 radical (unpaired) electrons. The lowest BCUT2D eigenvalue weighted by molar-refractivity contribution is -0.677. The van der Waals surface area contributed by atoms with E-state index in [0.717, 1.165) is 52.5 Å². The van der Waals surface area contributed by atoms with Gasteiger partial charge in [-0.3, -0.25) is 4.90 Å². The standard InChI is InChI=1S/C37H36N2O6/c1-38-14-12-24-19-31(42-4)33-21-27(24)28(38)17-23-8-11-30(41-3)32(18-23)44-26-9-6-22(7-10-26)16-29-35-25(13-15-39(29)2)20-34(43-5)36(40)37(35)45-33/h6-11,13,15,18-21,28H,12,14,16-17H2,1-5H3/t28-/m1/s1. The molecule has 0 amide bonds. The van der Waals surface area contributed by atoms with Gasteiger partial charge in [-0.1, -0.05) is 18.2 Å². The molecule has 4 aromatic carbocycles. The molecule has 3 aliphatic heterocycles. The van der Waals surface area contributed by atoms with Crippen molar-refractivity contribution in [2.75, 3.05) is 34.9 Å². The molecule has 230 valence electrons. The van der Waals surface area contributed by atoms with Crippen molar-refractivity contribution >= 4 is 10.8 Å². The zero-order valence-corrected chi connectivity index (χ0v) is 26.2. The highest BCUT2D eigenvalue weighted by atomic mass is 16.5. The molecule has 0 N–H and O–H groups in total. The van der Waals surface area contributed by atoms with Crippen molar-refractivity contribution in [3.05, 3.63) is 101 Å². The summed E-state index contributed by atoms with van der Waals surface area (Å²) < 4.78 is 32.2. The van der Waals surface area contributed by atoms with Crippen LogP contribution >= 0.6 is 0 Å². The van der Waals surface area contributed by atoms with Gasteiger partial charge in [-0.2, -0.15) is 0 Å². The number of aromatic nitrogens is 1. The van der Waals surface area contributed by atoms with Crippen LogP contribution in [-0.4, -0.2) is 39.8 Å². The normalized spacial score (nSPS) is 15.9. The number of aryl methyl sites for hydroxylation is 1. The van der Waals surface area contributed by atoms with Gasteiger partial charge in [0.1, 0.15) is 24.3 Å². The Morgan fingerprint density at radius 3 is 2.31 bits per heavy atom. The van der Waals surface area contributed by atoms with Crippen LogP contribution < -0.4 is 33.4 Å². The maximum absolute atomic E-state index is 13.9. The Labute approximate surface area is 262 Å². The van der Waals surface area contributed by atoms with Gasteiger partial charge < -0.3 is 28.8 Å². The number of benzene rings is 4. The average Bonchev–Trinajstić information content (AvgIpc) is 3.05. The van der Waals surface area contributed by atoms with E-state index in [1.54, 1.807) is 20.3 Å². The van der Waals surface area contributed by atoms with Crippen molar-refractivity contribution in [2.45, 2.75) is 25.3 Å². The molecule has 6 bridgehead atoms. The van der Waals surface area contributed by atoms with Crippen LogP contribution in [0, 0.1) is 0 Å². The number of hydrogen-bond donors (Lipinski definition) is 0. The second-order valence-electron chi connectivity index (χ2n) is 11.7. The van der Waals surface area contributed by atoms with Crippen LogP contribution in [0.4, 0.5) is 0 Å². The van der Waals surface area contributed by atoms with Gasteiger partial charge in [-0.15, -0.1) is 0 Å². The molecule has 4 heterocycles. The fourth-order valence-corrected chi connectivity index (χ4v) is 6.58. The van der Waals surface area contributed by atoms with Crippen LogP contribution in [-0.2, 0) is 26.3 Å². The predicted molar refractivity (Wildman–Crippen MR) is 169 cm³/mol. The third kappa shape index (κ3) is 5.15. The zero-order chi connectivity index (χ0) is 31.2. The van der Waals surface area contributed by atoms with Crippen molar-refractivity contribution < 1.29 is 33.4 Å². The topological polar surface area (TPSA) is 76.3 Å². The minimum Gasteiger partial charge on any atom is -0.867 e. The molecule has 0 saturated carbocycles. The number of pyridine rings is 1. The molecule has 5 aromatic rings. The first-order valence-corrected chi connectivity index (χ1v) is 15.1. The monoisotopic (exact) mass is 604 g/mol. The van der Waals surface area contributed by atoms with E-state index in [4.69, 9.17) is 23.7 Å². The summed E-state index contributed by atoms with van der Waals surface area (Å²) >= 11 is 0. The number of nitrogens with zero attached hydrogens (tertiary/aromatic N) is 2. The summed E-state index contributed by atoms with van der Waals surface area (Å²) in [5.74, 6) is 3.27. The molecule has 0 spiro atoms. The van der Waals surface area contributed by atoms with Crippen molar-refractivity contribution in [3.63, 3.8) is 0 Å². The summed E-state index contributed by atoms with van der Waals surface area (Å²) in [5, 5.41) is 15.5. The van der Waals surface area contributed by atoms with E-state index >= 15 is 0 Å². The number of fused-ring (bicyclic) bond motifs is 2. The SMILES string of the molecule is COc1ccc2cc1Oc1ccc(cc1)Cc1c3c(c([O-])c(OC)cc3cc[n+]1C)Oc1cc3c(cc1OC)CCN(C)[C@@H]3C2. The summed E-state index contributed by atoms with van der Waals surface area (Å²) in [6.45, 7) is 0.901. The van der Waals surface area contributed by atoms with Crippen molar-refractivity contribution in [2.24, 2.45) is 7.05 Å². The fraction of sp³-hybridized carbons (Fsp3) is 0.270. The first-order valence-electron chi connectivity index (χ1n) is 15.1. The van der Waals surface area contributed by atoms with E-state index in [-0.39, 0.29) is 23.3 Å². The van der Waals surface area contributed by atoms with Crippen LogP contribution in [0.25, 0.3) is 10.8 Å². The van der Waals surface area contributed by atoms with E-state index in [1.165, 1.54) is 12.7 Å². The Kier molecular flexibility index (Phi) is 7.37. The minimum atomic E-state index is -0.310. The third-order valence-electron chi connectivity index (χ3n) is 9.09. The largest absolute Gasteiger partial charge is 0.867 e. The molecule has 8 heteroatoms. The Hall–Kier alpha value is -4.95. The van der Waals surface area contributed by atoms with Gasteiger partial charge in [0.15, 0.2) is 34.9 Å². The summed E-state index contributed by atoms with van der Waals surface area (Å²) in [6.07, 6.45) is 4.17. The number of hydrogen-bond acceptors (Lipinski definition) is 7. The molecular weight excluding hydrogens is 568 g/mol. The van der Waals surface area contributed by atoms with Gasteiger partial charge >= 0.3 is 0 Å². The van der Waals surface area contributed by atoms with E-state index in [0.29, 0.717) is 35.2 Å². The van der Waals surface area contributed by atoms with Crippen LogP contribution in [0.5, 0.6) is 46.0 Å². The van der Waals surface area contributed by atoms with E-state index in [1.807, 2.05) is 60.3 Å². The van der Waals surface area contributed by atoms with Crippen molar-refractivity contribution in [1.29, 1.82) is 0 Å². The molecule has 8 nitrogen and oxygen atoms in total. The highest BCUT2D eigenvalue weighted by Crippen LogP contribution is 2.48. The molecule has 45 heavy (non-hydrogen) atoms. The molecule has 1 aromatic heterocycles. The smallest absolute Gasteiger partial charge is 0.197 e. The van der Waals surface area contributed by atoms with Gasteiger partial charge in [0, 0.05) is 24.0 Å². The van der Waals surface area contributed by atoms with Gasteiger partial charge in [0.2, 0.25) is 0 Å². The highest BCUT2D eigenvalue weighted by molar-refractivity contribution is 5.94. The van der Waals surface area contributed by atoms with Crippen LogP contribution in [0.15, 0.2) is 72.9 Å². The quantitative estimate of drug-likeness (QED) is 0.233. The number of rotatable bonds is 3. The van der Waals surface area contributed by atoms with E-state index in [2.05, 4.69) is 30.1 Å². The fourth-order valence-electron chi connectivity index (χ4n) is 6.58. The lowest BCUT2D eigenvalue weighted by Gasteiger charge is -2.35. The number of likely N-dealkylation sites (N-methyl/N-ethyl adjacent to an activating group) is 1. The van der Waals surface area contributed by atoms with Crippen LogP contribution in [0.2, 0.25) is 0 Å². The van der Waals surface area contributed by atoms with Gasteiger partial charge in [0.25, 0.3) is 0 Å². The molecule has 3 aliphatic rings. The molecular formula is C37H36N2O6. The lowest BCUT2D eigenvalue weighted by atomic mass is 9.88. The molecule has 1 atom stereocenters. The van der Waals surface area contributed by atoms with Crippen LogP contribution in [0.1, 0.15) is 34.0 Å². The average molecular weight is 605 g/mol. The zero-order valence-electron chi connectivity index (χ0n) is 26.2. The second-order valence-corrected chi connectivity index (χ2v) is 11.7. The molecule has 0 unspecified atom stereocenters. The molecule has 0 aliphatic carbocycles. The summed E-state index contributed by atoms with van der Waals surface area (Å²) in [6, 6.07) is 22.0. The maximum Gasteiger partial charge on any atom is 0.197 e. The first kappa shape index (κ1) is 28.8. The predicted octanol–water partition coefficient (Wildman–Crippen LogP) is 6.02. The van der Waals surface area contributed by atoms with Gasteiger partial charge in [-0.05, 0) is 90.4 Å². The first-order chi connectivity index (χ1) is 21.9. The number of methoxy groups -OCH3 is 3.